The van der Waals surface area contributed by atoms with Gasteiger partial charge in [0.15, 0.2) is 0 Å². The second kappa shape index (κ2) is 28.8. The fourth-order valence-corrected chi connectivity index (χ4v) is 0. The maximum Gasteiger partial charge on any atom is 2.00 e. The predicted molar refractivity (Wildman–Crippen MR) is 17.8 cm³/mol. The van der Waals surface area contributed by atoms with Crippen molar-refractivity contribution >= 4 is 0 Å². The van der Waals surface area contributed by atoms with Crippen molar-refractivity contribution in [1.29, 1.82) is 0 Å². The van der Waals surface area contributed by atoms with Gasteiger partial charge >= 0.3 is 22.3 Å². The summed E-state index contributed by atoms with van der Waals surface area (Å²) in [5, 5.41) is 0. The summed E-state index contributed by atoms with van der Waals surface area (Å²) in [5.74, 6) is 0. The molecule has 0 saturated carbocycles. The molecule has 20 valence electrons. The molecule has 0 radical (unpaired) electrons. The summed E-state index contributed by atoms with van der Waals surface area (Å²) in [7, 11) is 0. The van der Waals surface area contributed by atoms with Gasteiger partial charge in [-0.1, -0.05) is 14.9 Å². The molecular weight excluding hydrogens is 155 g/mol. The smallest absolute Gasteiger partial charge is 0.0776 e. The molecule has 0 N–H and O–H groups in total. The van der Waals surface area contributed by atoms with Gasteiger partial charge in [-0.2, -0.15) is 0 Å². The zero-order valence-electron chi connectivity index (χ0n) is 3.41. The molecule has 0 saturated heterocycles. The van der Waals surface area contributed by atoms with E-state index < -0.39 is 0 Å². The molecular formula is C2H12Zn2+4. The Morgan fingerprint density at radius 3 is 1.25 bits per heavy atom. The van der Waals surface area contributed by atoms with Crippen LogP contribution in [0.4, 0.5) is 0 Å². The van der Waals surface area contributed by atoms with Gasteiger partial charge in [0.1, 0.15) is 0 Å². The van der Waals surface area contributed by atoms with Crippen molar-refractivity contribution in [2.24, 2.45) is 0 Å². The maximum absolute atomic E-state index is 0. The van der Waals surface area contributed by atoms with Crippen LogP contribution in [0.1, 0.15) is 19.1 Å². The van der Waals surface area contributed by atoms with E-state index in [1.807, 2.05) is 0 Å². The van der Waals surface area contributed by atoms with E-state index in [9.17, 15) is 0 Å². The second-order valence-electron chi connectivity index (χ2n) is 0. The Morgan fingerprint density at radius 1 is 1.25 bits per heavy atom. The van der Waals surface area contributed by atoms with Gasteiger partial charge in [-0.15, -0.1) is 0 Å². The summed E-state index contributed by atoms with van der Waals surface area (Å²) in [6.07, 6.45) is 0. The van der Waals surface area contributed by atoms with Crippen LogP contribution in [-0.4, -0.2) is 0 Å². The molecule has 0 aliphatic carbocycles. The number of rotatable bonds is 0. The van der Waals surface area contributed by atoms with Crippen molar-refractivity contribution < 1.29 is 43.2 Å². The third kappa shape index (κ3) is 10.5. The van der Waals surface area contributed by atoms with Crippen molar-refractivity contribution in [3.05, 3.63) is 0 Å². The van der Waals surface area contributed by atoms with Crippen LogP contribution in [0.15, 0.2) is 0 Å². The normalized spacial score (nSPS) is 0. The third-order valence-corrected chi connectivity index (χ3v) is 0. The average molecular weight is 167 g/mol. The minimum absolute atomic E-state index is 0. The van der Waals surface area contributed by atoms with E-state index in [0.29, 0.717) is 0 Å². The monoisotopic (exact) mass is 164 g/mol. The van der Waals surface area contributed by atoms with E-state index in [-0.39, 0.29) is 58.1 Å². The van der Waals surface area contributed by atoms with Crippen LogP contribution >= 0.6 is 0 Å². The molecule has 0 atom stereocenters. The third-order valence-electron chi connectivity index (χ3n) is 0. The summed E-state index contributed by atoms with van der Waals surface area (Å²) in [6.45, 7) is 0. The Labute approximate surface area is 58.3 Å². The van der Waals surface area contributed by atoms with E-state index in [1.165, 1.54) is 0 Å². The Kier molecular flexibility index (Phi) is 438. The molecule has 0 aromatic carbocycles. The average Bonchev–Trinajstić information content (AvgIpc) is 0. The standard InChI is InChI=1S/2CH4.2Zn.H2/h2*1H4;;;1H/q;;;+2;/p+2. The zero-order chi connectivity index (χ0) is 0. The summed E-state index contributed by atoms with van der Waals surface area (Å²) in [4.78, 5) is 0. The molecule has 2 heteroatoms. The van der Waals surface area contributed by atoms with Gasteiger partial charge in [-0.05, 0) is 0 Å². The molecule has 0 aliphatic rings. The minimum atomic E-state index is 0. The maximum atomic E-state index is 0. The first-order chi connectivity index (χ1) is 0. The summed E-state index contributed by atoms with van der Waals surface area (Å²) in [5.41, 5.74) is 0. The van der Waals surface area contributed by atoms with Crippen LogP contribution in [0.2, 0.25) is 0 Å². The fraction of sp³-hybridized carbons (Fsp3) is 1.00. The van der Waals surface area contributed by atoms with E-state index in [1.54, 1.807) is 0 Å². The van der Waals surface area contributed by atoms with Crippen LogP contribution in [0.3, 0.4) is 0 Å². The number of hydrogen-bond donors (Lipinski definition) is 0. The Bertz CT molecular complexity index is 10.9. The van der Waals surface area contributed by atoms with Gasteiger partial charge in [0.25, 0.3) is 0 Å². The molecule has 0 unspecified atom stereocenters. The molecule has 0 nitrogen and oxygen atoms in total. The first-order valence-electron chi connectivity index (χ1n) is 0. The van der Waals surface area contributed by atoms with Crippen LogP contribution in [0.5, 0.6) is 0 Å². The Morgan fingerprint density at radius 2 is 1.25 bits per heavy atom. The molecule has 0 aromatic heterocycles. The Hall–Kier alpha value is 1.25. The zero-order valence-corrected chi connectivity index (χ0v) is 7.35. The predicted octanol–water partition coefficient (Wildman–Crippen LogP) is 1.74. The van der Waals surface area contributed by atoms with Gasteiger partial charge in [0.2, 0.25) is 0 Å². The molecule has 0 aliphatic heterocycles. The van der Waals surface area contributed by atoms with Gasteiger partial charge in [0, 0.05) is 20.9 Å². The molecule has 0 amide bonds. The molecule has 0 heterocycles. The van der Waals surface area contributed by atoms with Gasteiger partial charge in [-0.25, -0.2) is 0 Å². The van der Waals surface area contributed by atoms with Crippen molar-refractivity contribution in [1.82, 2.24) is 0 Å². The summed E-state index contributed by atoms with van der Waals surface area (Å²) >= 11 is 0. The van der Waals surface area contributed by atoms with Crippen LogP contribution in [0.25, 0.3) is 0 Å². The summed E-state index contributed by atoms with van der Waals surface area (Å²) in [6, 6.07) is 0. The van der Waals surface area contributed by atoms with E-state index in [2.05, 4.69) is 0 Å². The fourth-order valence-electron chi connectivity index (χ4n) is 0. The molecule has 0 bridgehead atoms. The van der Waals surface area contributed by atoms with Gasteiger partial charge in [0.05, 0.1) is 0 Å². The molecule has 0 aromatic rings. The van der Waals surface area contributed by atoms with Crippen molar-refractivity contribution in [3.63, 3.8) is 0 Å². The van der Waals surface area contributed by atoms with E-state index >= 15 is 0 Å². The van der Waals surface area contributed by atoms with Crippen LogP contribution < -0.4 is 0 Å². The molecule has 4 heavy (non-hydrogen) atoms. The largest absolute Gasteiger partial charge is 2.00 e. The van der Waals surface area contributed by atoms with Gasteiger partial charge < -0.3 is 0 Å². The summed E-state index contributed by atoms with van der Waals surface area (Å²) < 4.78 is 0. The van der Waals surface area contributed by atoms with Crippen LogP contribution in [-0.2, 0) is 39.0 Å². The van der Waals surface area contributed by atoms with Crippen molar-refractivity contribution in [2.75, 3.05) is 0 Å². The van der Waals surface area contributed by atoms with Crippen molar-refractivity contribution in [2.45, 2.75) is 14.9 Å². The Balaban J connectivity index is 0. The first kappa shape index (κ1) is 60.9. The number of hydrogen-bond acceptors (Lipinski definition) is 0. The second-order valence-corrected chi connectivity index (χ2v) is 0. The van der Waals surface area contributed by atoms with E-state index in [4.69, 9.17) is 0 Å². The van der Waals surface area contributed by atoms with Crippen LogP contribution in [0, 0.1) is 0 Å². The topological polar surface area (TPSA) is 0 Å². The van der Waals surface area contributed by atoms with Crippen molar-refractivity contribution in [3.8, 4) is 0 Å². The SMILES string of the molecule is C.C.[H+].[H+].[HH].[Zn+2].[Zn]. The molecule has 0 fully saturated rings. The van der Waals surface area contributed by atoms with E-state index in [0.717, 1.165) is 0 Å². The quantitative estimate of drug-likeness (QED) is 0.482. The van der Waals surface area contributed by atoms with Gasteiger partial charge in [-0.3, -0.25) is 0 Å². The molecule has 0 spiro atoms. The first-order valence-corrected chi connectivity index (χ1v) is 0. The minimum Gasteiger partial charge on any atom is -0.0776 e. The molecule has 0 rings (SSSR count).